The summed E-state index contributed by atoms with van der Waals surface area (Å²) in [4.78, 5) is 12.2. The Morgan fingerprint density at radius 2 is 1.86 bits per heavy atom. The van der Waals surface area contributed by atoms with E-state index in [0.29, 0.717) is 26.3 Å². The molecule has 0 bridgehead atoms. The van der Waals surface area contributed by atoms with Crippen molar-refractivity contribution in [1.29, 1.82) is 0 Å². The predicted molar refractivity (Wildman–Crippen MR) is 78.6 cm³/mol. The van der Waals surface area contributed by atoms with Crippen molar-refractivity contribution >= 4 is 15.9 Å². The Bertz CT molecular complexity index is 607. The molecule has 1 aromatic rings. The molecule has 0 radical (unpaired) electrons. The van der Waals surface area contributed by atoms with E-state index in [1.165, 1.54) is 16.4 Å². The van der Waals surface area contributed by atoms with Crippen LogP contribution in [0.1, 0.15) is 24.2 Å². The lowest BCUT2D eigenvalue weighted by atomic mass is 10.2. The molecule has 6 nitrogen and oxygen atoms in total. The number of hydrogen-bond acceptors (Lipinski definition) is 4. The zero-order valence-electron chi connectivity index (χ0n) is 12.2. The van der Waals surface area contributed by atoms with Gasteiger partial charge < -0.3 is 10.1 Å². The van der Waals surface area contributed by atoms with Gasteiger partial charge in [-0.25, -0.2) is 8.42 Å². The molecule has 1 amide bonds. The molecular weight excluding hydrogens is 292 g/mol. The first kappa shape index (κ1) is 15.9. The Kier molecular flexibility index (Phi) is 4.97. The lowest BCUT2D eigenvalue weighted by Gasteiger charge is -2.26. The molecule has 1 aliphatic heterocycles. The SMILES string of the molecule is CC(C)NC(=O)c1ccccc1S(=O)(=O)N1CCOCC1. The fourth-order valence-electron chi connectivity index (χ4n) is 2.15. The first-order valence-electron chi connectivity index (χ1n) is 6.90. The number of amides is 1. The van der Waals surface area contributed by atoms with Gasteiger partial charge >= 0.3 is 0 Å². The fraction of sp³-hybridized carbons (Fsp3) is 0.500. The second-order valence-electron chi connectivity index (χ2n) is 5.14. The normalized spacial score (nSPS) is 16.9. The lowest BCUT2D eigenvalue weighted by molar-refractivity contribution is 0.0729. The van der Waals surface area contributed by atoms with E-state index in [9.17, 15) is 13.2 Å². The van der Waals surface area contributed by atoms with Crippen LogP contribution in [0.25, 0.3) is 0 Å². The van der Waals surface area contributed by atoms with Crippen molar-refractivity contribution in [2.45, 2.75) is 24.8 Å². The number of carbonyl (C=O) groups excluding carboxylic acids is 1. The van der Waals surface area contributed by atoms with Crippen molar-refractivity contribution in [3.63, 3.8) is 0 Å². The van der Waals surface area contributed by atoms with E-state index in [1.807, 2.05) is 13.8 Å². The largest absolute Gasteiger partial charge is 0.379 e. The standard InChI is InChI=1S/C14H20N2O4S/c1-11(2)15-14(17)12-5-3-4-6-13(12)21(18,19)16-7-9-20-10-8-16/h3-6,11H,7-10H2,1-2H3,(H,15,17). The molecule has 0 aliphatic carbocycles. The Morgan fingerprint density at radius 1 is 1.24 bits per heavy atom. The van der Waals surface area contributed by atoms with Crippen molar-refractivity contribution in [2.75, 3.05) is 26.3 Å². The van der Waals surface area contributed by atoms with Crippen molar-refractivity contribution in [3.05, 3.63) is 29.8 Å². The van der Waals surface area contributed by atoms with Crippen LogP contribution in [0.2, 0.25) is 0 Å². The summed E-state index contributed by atoms with van der Waals surface area (Å²) in [5, 5.41) is 2.73. The van der Waals surface area contributed by atoms with Crippen LogP contribution < -0.4 is 5.32 Å². The van der Waals surface area contributed by atoms with Gasteiger partial charge in [0.2, 0.25) is 10.0 Å². The van der Waals surface area contributed by atoms with E-state index < -0.39 is 10.0 Å². The number of hydrogen-bond donors (Lipinski definition) is 1. The molecule has 21 heavy (non-hydrogen) atoms. The first-order chi connectivity index (χ1) is 9.93. The summed E-state index contributed by atoms with van der Waals surface area (Å²) < 4.78 is 31.9. The highest BCUT2D eigenvalue weighted by molar-refractivity contribution is 7.89. The van der Waals surface area contributed by atoms with Crippen LogP contribution in [0.3, 0.4) is 0 Å². The van der Waals surface area contributed by atoms with Gasteiger partial charge in [0.05, 0.1) is 23.7 Å². The minimum Gasteiger partial charge on any atom is -0.379 e. The molecule has 0 unspecified atom stereocenters. The summed E-state index contributed by atoms with van der Waals surface area (Å²) in [6.07, 6.45) is 0. The Hall–Kier alpha value is -1.44. The molecule has 1 N–H and O–H groups in total. The maximum atomic E-state index is 12.7. The quantitative estimate of drug-likeness (QED) is 0.894. The average Bonchev–Trinajstić information content (AvgIpc) is 2.47. The maximum Gasteiger partial charge on any atom is 0.252 e. The van der Waals surface area contributed by atoms with Crippen LogP contribution in [-0.2, 0) is 14.8 Å². The third-order valence-corrected chi connectivity index (χ3v) is 5.10. The molecular formula is C14H20N2O4S. The van der Waals surface area contributed by atoms with E-state index in [2.05, 4.69) is 5.32 Å². The molecule has 116 valence electrons. The topological polar surface area (TPSA) is 75.7 Å². The molecule has 0 atom stereocenters. The number of rotatable bonds is 4. The Balaban J connectivity index is 2.37. The Morgan fingerprint density at radius 3 is 2.48 bits per heavy atom. The lowest BCUT2D eigenvalue weighted by Crippen LogP contribution is -2.41. The molecule has 2 rings (SSSR count). The third kappa shape index (κ3) is 3.61. The average molecular weight is 312 g/mol. The van der Waals surface area contributed by atoms with Gasteiger partial charge in [-0.2, -0.15) is 4.31 Å². The minimum atomic E-state index is -3.68. The van der Waals surface area contributed by atoms with Crippen LogP contribution >= 0.6 is 0 Å². The molecule has 0 spiro atoms. The van der Waals surface area contributed by atoms with Crippen LogP contribution in [0.5, 0.6) is 0 Å². The monoisotopic (exact) mass is 312 g/mol. The van der Waals surface area contributed by atoms with E-state index >= 15 is 0 Å². The zero-order chi connectivity index (χ0) is 15.5. The molecule has 1 aliphatic rings. The van der Waals surface area contributed by atoms with Crippen molar-refractivity contribution in [1.82, 2.24) is 9.62 Å². The number of morpholine rings is 1. The summed E-state index contributed by atoms with van der Waals surface area (Å²) in [6, 6.07) is 6.23. The van der Waals surface area contributed by atoms with Crippen LogP contribution in [0.15, 0.2) is 29.2 Å². The van der Waals surface area contributed by atoms with Gasteiger partial charge in [0.15, 0.2) is 0 Å². The van der Waals surface area contributed by atoms with Gasteiger partial charge in [0, 0.05) is 19.1 Å². The second kappa shape index (κ2) is 6.55. The molecule has 0 aromatic heterocycles. The smallest absolute Gasteiger partial charge is 0.252 e. The number of nitrogens with one attached hydrogen (secondary N) is 1. The molecule has 1 aromatic carbocycles. The Labute approximate surface area is 125 Å². The minimum absolute atomic E-state index is 0.0463. The molecule has 1 fully saturated rings. The van der Waals surface area contributed by atoms with Gasteiger partial charge in [-0.3, -0.25) is 4.79 Å². The van der Waals surface area contributed by atoms with Crippen LogP contribution in [0.4, 0.5) is 0 Å². The highest BCUT2D eigenvalue weighted by Crippen LogP contribution is 2.21. The van der Waals surface area contributed by atoms with Crippen molar-refractivity contribution < 1.29 is 17.9 Å². The number of nitrogens with zero attached hydrogens (tertiary/aromatic N) is 1. The second-order valence-corrected chi connectivity index (χ2v) is 7.05. The molecule has 1 heterocycles. The third-order valence-electron chi connectivity index (χ3n) is 3.14. The van der Waals surface area contributed by atoms with Crippen molar-refractivity contribution in [2.24, 2.45) is 0 Å². The van der Waals surface area contributed by atoms with E-state index in [0.717, 1.165) is 0 Å². The van der Waals surface area contributed by atoms with E-state index in [4.69, 9.17) is 4.74 Å². The zero-order valence-corrected chi connectivity index (χ0v) is 13.0. The summed E-state index contributed by atoms with van der Waals surface area (Å²) in [5.74, 6) is -0.377. The highest BCUT2D eigenvalue weighted by Gasteiger charge is 2.30. The van der Waals surface area contributed by atoms with E-state index in [1.54, 1.807) is 12.1 Å². The fourth-order valence-corrected chi connectivity index (χ4v) is 3.74. The number of sulfonamides is 1. The van der Waals surface area contributed by atoms with Gasteiger partial charge in [0.25, 0.3) is 5.91 Å². The van der Waals surface area contributed by atoms with Crippen LogP contribution in [0, 0.1) is 0 Å². The molecule has 0 saturated carbocycles. The number of benzene rings is 1. The number of carbonyl (C=O) groups is 1. The molecule has 7 heteroatoms. The summed E-state index contributed by atoms with van der Waals surface area (Å²) in [5.41, 5.74) is 0.178. The summed E-state index contributed by atoms with van der Waals surface area (Å²) in [7, 11) is -3.68. The van der Waals surface area contributed by atoms with Gasteiger partial charge in [-0.1, -0.05) is 12.1 Å². The maximum absolute atomic E-state index is 12.7. The number of ether oxygens (including phenoxy) is 1. The van der Waals surface area contributed by atoms with Gasteiger partial charge in [-0.15, -0.1) is 0 Å². The molecule has 1 saturated heterocycles. The predicted octanol–water partition coefficient (Wildman–Crippen LogP) is 0.846. The van der Waals surface area contributed by atoms with Crippen molar-refractivity contribution in [3.8, 4) is 0 Å². The van der Waals surface area contributed by atoms with Crippen LogP contribution in [-0.4, -0.2) is 51.0 Å². The van der Waals surface area contributed by atoms with Gasteiger partial charge in [-0.05, 0) is 26.0 Å². The summed E-state index contributed by atoms with van der Waals surface area (Å²) >= 11 is 0. The highest BCUT2D eigenvalue weighted by atomic mass is 32.2. The van der Waals surface area contributed by atoms with Gasteiger partial charge in [0.1, 0.15) is 0 Å². The first-order valence-corrected chi connectivity index (χ1v) is 8.34. The summed E-state index contributed by atoms with van der Waals surface area (Å²) in [6.45, 7) is 5.03. The van der Waals surface area contributed by atoms with E-state index in [-0.39, 0.29) is 22.4 Å².